The van der Waals surface area contributed by atoms with E-state index in [-0.39, 0.29) is 6.04 Å². The summed E-state index contributed by atoms with van der Waals surface area (Å²) in [5.74, 6) is 1.47. The normalized spacial score (nSPS) is 12.2. The summed E-state index contributed by atoms with van der Waals surface area (Å²) < 4.78 is 21.1. The van der Waals surface area contributed by atoms with Crippen LogP contribution in [-0.4, -0.2) is 47.2 Å². The highest BCUT2D eigenvalue weighted by Crippen LogP contribution is 2.28. The highest BCUT2D eigenvalue weighted by atomic mass is 16.5. The largest absolute Gasteiger partial charge is 0.493 e. The van der Waals surface area contributed by atoms with Crippen LogP contribution in [0.2, 0.25) is 0 Å². The van der Waals surface area contributed by atoms with Gasteiger partial charge in [-0.05, 0) is 24.1 Å². The Balaban J connectivity index is 2.64. The predicted octanol–water partition coefficient (Wildman–Crippen LogP) is 1.63. The fourth-order valence-corrected chi connectivity index (χ4v) is 1.92. The van der Waals surface area contributed by atoms with Crippen molar-refractivity contribution in [3.8, 4) is 11.5 Å². The van der Waals surface area contributed by atoms with Gasteiger partial charge in [0.25, 0.3) is 0 Å². The maximum atomic E-state index is 5.96. The molecule has 0 aliphatic rings. The Morgan fingerprint density at radius 3 is 2.50 bits per heavy atom. The van der Waals surface area contributed by atoms with Gasteiger partial charge in [-0.15, -0.1) is 0 Å². The first-order valence-electron chi connectivity index (χ1n) is 6.74. The number of rotatable bonds is 10. The van der Waals surface area contributed by atoms with E-state index in [0.29, 0.717) is 19.8 Å². The van der Waals surface area contributed by atoms with E-state index >= 15 is 0 Å². The highest BCUT2D eigenvalue weighted by molar-refractivity contribution is 5.43. The molecule has 5 nitrogen and oxygen atoms in total. The lowest BCUT2D eigenvalue weighted by atomic mass is 10.1. The SMILES string of the molecule is COCCCOc1cc(C[C@H](N)COC)ccc1OC. The molecule has 1 rings (SSSR count). The minimum absolute atomic E-state index is 0.0188. The van der Waals surface area contributed by atoms with Crippen molar-refractivity contribution in [2.45, 2.75) is 18.9 Å². The minimum Gasteiger partial charge on any atom is -0.493 e. The van der Waals surface area contributed by atoms with Crippen molar-refractivity contribution in [1.29, 1.82) is 0 Å². The summed E-state index contributed by atoms with van der Waals surface area (Å²) in [6, 6.07) is 5.85. The maximum Gasteiger partial charge on any atom is 0.161 e. The van der Waals surface area contributed by atoms with Crippen LogP contribution in [0.3, 0.4) is 0 Å². The minimum atomic E-state index is -0.0188. The smallest absolute Gasteiger partial charge is 0.161 e. The molecule has 0 unspecified atom stereocenters. The van der Waals surface area contributed by atoms with Crippen LogP contribution in [0, 0.1) is 0 Å². The average molecular weight is 283 g/mol. The van der Waals surface area contributed by atoms with Gasteiger partial charge in [0.05, 0.1) is 20.3 Å². The van der Waals surface area contributed by atoms with E-state index in [1.165, 1.54) is 0 Å². The predicted molar refractivity (Wildman–Crippen MR) is 78.5 cm³/mol. The van der Waals surface area contributed by atoms with Crippen LogP contribution in [-0.2, 0) is 15.9 Å². The molecule has 2 N–H and O–H groups in total. The van der Waals surface area contributed by atoms with Gasteiger partial charge in [-0.3, -0.25) is 0 Å². The molecule has 0 radical (unpaired) electrons. The number of nitrogens with two attached hydrogens (primary N) is 1. The van der Waals surface area contributed by atoms with Gasteiger partial charge in [-0.2, -0.15) is 0 Å². The topological polar surface area (TPSA) is 62.9 Å². The molecule has 20 heavy (non-hydrogen) atoms. The lowest BCUT2D eigenvalue weighted by Gasteiger charge is -2.14. The summed E-state index contributed by atoms with van der Waals surface area (Å²) in [7, 11) is 4.96. The lowest BCUT2D eigenvalue weighted by Crippen LogP contribution is -2.27. The Labute approximate surface area is 121 Å². The molecule has 0 saturated heterocycles. The molecule has 0 saturated carbocycles. The van der Waals surface area contributed by atoms with E-state index in [9.17, 15) is 0 Å². The first-order valence-corrected chi connectivity index (χ1v) is 6.74. The van der Waals surface area contributed by atoms with Gasteiger partial charge in [0.2, 0.25) is 0 Å². The van der Waals surface area contributed by atoms with Crippen LogP contribution in [0.4, 0.5) is 0 Å². The zero-order valence-corrected chi connectivity index (χ0v) is 12.6. The molecule has 1 atom stereocenters. The first-order chi connectivity index (χ1) is 9.71. The van der Waals surface area contributed by atoms with Gasteiger partial charge in [-0.1, -0.05) is 6.07 Å². The fourth-order valence-electron chi connectivity index (χ4n) is 1.92. The number of hydrogen-bond donors (Lipinski definition) is 1. The van der Waals surface area contributed by atoms with Crippen LogP contribution in [0.15, 0.2) is 18.2 Å². The molecular weight excluding hydrogens is 258 g/mol. The average Bonchev–Trinajstić information content (AvgIpc) is 2.44. The zero-order chi connectivity index (χ0) is 14.8. The molecule has 5 heteroatoms. The van der Waals surface area contributed by atoms with Crippen LogP contribution in [0.5, 0.6) is 11.5 Å². The van der Waals surface area contributed by atoms with Crippen molar-refractivity contribution in [2.75, 3.05) is 41.2 Å². The molecule has 0 fully saturated rings. The summed E-state index contributed by atoms with van der Waals surface area (Å²) in [6.07, 6.45) is 1.58. The second-order valence-corrected chi connectivity index (χ2v) is 4.60. The summed E-state index contributed by atoms with van der Waals surface area (Å²) in [5, 5.41) is 0. The van der Waals surface area contributed by atoms with Gasteiger partial charge in [-0.25, -0.2) is 0 Å². The Morgan fingerprint density at radius 2 is 1.85 bits per heavy atom. The van der Waals surface area contributed by atoms with Crippen molar-refractivity contribution in [2.24, 2.45) is 5.73 Å². The van der Waals surface area contributed by atoms with Crippen LogP contribution in [0.1, 0.15) is 12.0 Å². The number of benzene rings is 1. The van der Waals surface area contributed by atoms with E-state index < -0.39 is 0 Å². The summed E-state index contributed by atoms with van der Waals surface area (Å²) in [6.45, 7) is 1.81. The molecule has 0 aliphatic carbocycles. The number of ether oxygens (including phenoxy) is 4. The van der Waals surface area contributed by atoms with E-state index in [1.807, 2.05) is 18.2 Å². The van der Waals surface area contributed by atoms with Crippen molar-refractivity contribution >= 4 is 0 Å². The Bertz CT molecular complexity index is 384. The molecule has 0 aromatic heterocycles. The third-order valence-electron chi connectivity index (χ3n) is 2.86. The van der Waals surface area contributed by atoms with Crippen molar-refractivity contribution in [3.63, 3.8) is 0 Å². The summed E-state index contributed by atoms with van der Waals surface area (Å²) in [4.78, 5) is 0. The summed E-state index contributed by atoms with van der Waals surface area (Å²) >= 11 is 0. The van der Waals surface area contributed by atoms with Crippen LogP contribution < -0.4 is 15.2 Å². The molecule has 0 bridgehead atoms. The van der Waals surface area contributed by atoms with Crippen LogP contribution in [0.25, 0.3) is 0 Å². The quantitative estimate of drug-likeness (QED) is 0.661. The third kappa shape index (κ3) is 5.77. The molecule has 1 aromatic carbocycles. The molecule has 0 spiro atoms. The van der Waals surface area contributed by atoms with E-state index in [2.05, 4.69) is 0 Å². The highest BCUT2D eigenvalue weighted by Gasteiger charge is 2.09. The molecular formula is C15H25NO4. The van der Waals surface area contributed by atoms with Gasteiger partial charge in [0.1, 0.15) is 0 Å². The Hall–Kier alpha value is -1.30. The molecule has 0 amide bonds. The first kappa shape index (κ1) is 16.8. The fraction of sp³-hybridized carbons (Fsp3) is 0.600. The van der Waals surface area contributed by atoms with Gasteiger partial charge < -0.3 is 24.7 Å². The summed E-state index contributed by atoms with van der Waals surface area (Å²) in [5.41, 5.74) is 7.07. The standard InChI is InChI=1S/C15H25NO4/c1-17-7-4-8-20-15-10-12(5-6-14(15)19-3)9-13(16)11-18-2/h5-6,10,13H,4,7-9,11,16H2,1-3H3/t13-/m0/s1. The molecule has 0 aliphatic heterocycles. The van der Waals surface area contributed by atoms with E-state index in [0.717, 1.165) is 29.9 Å². The second kappa shape index (κ2) is 9.58. The van der Waals surface area contributed by atoms with E-state index in [4.69, 9.17) is 24.7 Å². The van der Waals surface area contributed by atoms with Gasteiger partial charge in [0, 0.05) is 33.3 Å². The van der Waals surface area contributed by atoms with Gasteiger partial charge in [0.15, 0.2) is 11.5 Å². The monoisotopic (exact) mass is 283 g/mol. The maximum absolute atomic E-state index is 5.96. The molecule has 0 heterocycles. The van der Waals surface area contributed by atoms with Crippen molar-refractivity contribution in [3.05, 3.63) is 23.8 Å². The van der Waals surface area contributed by atoms with E-state index in [1.54, 1.807) is 21.3 Å². The second-order valence-electron chi connectivity index (χ2n) is 4.60. The Kier molecular flexibility index (Phi) is 8.02. The molecule has 114 valence electrons. The number of hydrogen-bond acceptors (Lipinski definition) is 5. The van der Waals surface area contributed by atoms with Gasteiger partial charge >= 0.3 is 0 Å². The zero-order valence-electron chi connectivity index (χ0n) is 12.6. The number of methoxy groups -OCH3 is 3. The van der Waals surface area contributed by atoms with Crippen molar-refractivity contribution < 1.29 is 18.9 Å². The lowest BCUT2D eigenvalue weighted by molar-refractivity contribution is 0.170. The van der Waals surface area contributed by atoms with Crippen LogP contribution >= 0.6 is 0 Å². The Morgan fingerprint density at radius 1 is 1.05 bits per heavy atom. The molecule has 1 aromatic rings. The third-order valence-corrected chi connectivity index (χ3v) is 2.86. The van der Waals surface area contributed by atoms with Crippen molar-refractivity contribution in [1.82, 2.24) is 0 Å².